The molecule has 1 fully saturated rings. The Balaban J connectivity index is 1.71. The van der Waals surface area contributed by atoms with Crippen LogP contribution in [0.25, 0.3) is 0 Å². The molecule has 0 aliphatic carbocycles. The molecule has 3 unspecified atom stereocenters. The predicted octanol–water partition coefficient (Wildman–Crippen LogP) is 5.85. The molecule has 0 radical (unpaired) electrons. The lowest BCUT2D eigenvalue weighted by atomic mass is 9.84. The summed E-state index contributed by atoms with van der Waals surface area (Å²) in [7, 11) is 7.07. The lowest BCUT2D eigenvalue weighted by Crippen LogP contribution is -2.28. The molecule has 1 aliphatic rings. The molecule has 40 heavy (non-hydrogen) atoms. The van der Waals surface area contributed by atoms with E-state index in [2.05, 4.69) is 18.5 Å². The molecule has 3 aromatic carbocycles. The van der Waals surface area contributed by atoms with E-state index in [-0.39, 0.29) is 30.1 Å². The Labute approximate surface area is 243 Å². The Morgan fingerprint density at radius 1 is 1.00 bits per heavy atom. The summed E-state index contributed by atoms with van der Waals surface area (Å²) >= 11 is 6.42. The average Bonchev–Trinajstić information content (AvgIpc) is 3.18. The molecule has 0 bridgehead atoms. The number of rotatable bonds is 10. The lowest BCUT2D eigenvalue weighted by molar-refractivity contribution is -0.120. The maximum absolute atomic E-state index is 14.0. The van der Waals surface area contributed by atoms with Crippen molar-refractivity contribution < 1.29 is 28.2 Å². The summed E-state index contributed by atoms with van der Waals surface area (Å²) in [4.78, 5) is 29.1. The number of hydrogen-bond donors (Lipinski definition) is 0. The van der Waals surface area contributed by atoms with Crippen molar-refractivity contribution >= 4 is 58.1 Å². The summed E-state index contributed by atoms with van der Waals surface area (Å²) in [6.45, 7) is 5.48. The summed E-state index contributed by atoms with van der Waals surface area (Å²) in [6, 6.07) is 15.3. The van der Waals surface area contributed by atoms with Crippen LogP contribution in [0.15, 0.2) is 54.6 Å². The molecule has 5 atom stereocenters. The fourth-order valence-corrected chi connectivity index (χ4v) is 6.50. The number of halogens is 2. The first-order valence-electron chi connectivity index (χ1n) is 12.9. The van der Waals surface area contributed by atoms with E-state index >= 15 is 0 Å². The molecule has 0 spiro atoms. The molecule has 10 heteroatoms. The highest BCUT2D eigenvalue weighted by Crippen LogP contribution is 2.41. The van der Waals surface area contributed by atoms with E-state index in [9.17, 15) is 14.0 Å². The topological polar surface area (TPSA) is 65.1 Å². The number of carbonyl (C=O) groups excluding carboxylic acids is 2. The number of anilines is 1. The molecule has 1 saturated heterocycles. The summed E-state index contributed by atoms with van der Waals surface area (Å²) in [5, 5.41) is 2.22. The van der Waals surface area contributed by atoms with Gasteiger partial charge in [-0.3, -0.25) is 9.59 Å². The maximum atomic E-state index is 14.0. The van der Waals surface area contributed by atoms with Crippen LogP contribution in [0.2, 0.25) is 5.02 Å². The Morgan fingerprint density at radius 2 is 1.65 bits per heavy atom. The van der Waals surface area contributed by atoms with Gasteiger partial charge in [0, 0.05) is 48.1 Å². The molecule has 1 amide bonds. The number of Topliss-reactive ketones (excluding diaryl/α,β-unsaturated/α-hetero) is 1. The highest BCUT2D eigenvalue weighted by atomic mass is 35.5. The van der Waals surface area contributed by atoms with Gasteiger partial charge >= 0.3 is 0 Å². The van der Waals surface area contributed by atoms with Crippen LogP contribution >= 0.6 is 30.1 Å². The first-order chi connectivity index (χ1) is 19.0. The van der Waals surface area contributed by atoms with E-state index < -0.39 is 12.3 Å². The van der Waals surface area contributed by atoms with E-state index in [1.54, 1.807) is 54.5 Å². The number of nitrogens with zero attached hydrogens (tertiary/aromatic N) is 1. The minimum Gasteiger partial charge on any atom is -0.497 e. The molecular weight excluding hydrogens is 571 g/mol. The van der Waals surface area contributed by atoms with Crippen molar-refractivity contribution in [2.75, 3.05) is 18.6 Å². The fraction of sp³-hybridized carbons (Fsp3) is 0.333. The van der Waals surface area contributed by atoms with Gasteiger partial charge < -0.3 is 19.1 Å². The minimum absolute atomic E-state index is 0.00409. The Morgan fingerprint density at radius 3 is 2.23 bits per heavy atom. The third-order valence-corrected chi connectivity index (χ3v) is 7.87. The number of ether oxygens (including phenoxy) is 3. The van der Waals surface area contributed by atoms with Crippen LogP contribution in [-0.4, -0.2) is 37.8 Å². The van der Waals surface area contributed by atoms with Crippen LogP contribution in [0, 0.1) is 5.92 Å². The Hall–Kier alpha value is -2.72. The zero-order valence-corrected chi connectivity index (χ0v) is 25.9. The quantitative estimate of drug-likeness (QED) is 0.215. The van der Waals surface area contributed by atoms with E-state index in [1.807, 2.05) is 26.0 Å². The number of ketones is 1. The molecule has 0 aromatic heterocycles. The van der Waals surface area contributed by atoms with Gasteiger partial charge in [-0.15, -0.1) is 18.5 Å². The van der Waals surface area contributed by atoms with Crippen molar-refractivity contribution in [3.05, 3.63) is 70.7 Å². The van der Waals surface area contributed by atoms with E-state index in [1.165, 1.54) is 6.92 Å². The molecule has 0 saturated carbocycles. The van der Waals surface area contributed by atoms with Crippen molar-refractivity contribution in [3.8, 4) is 17.2 Å². The van der Waals surface area contributed by atoms with Crippen LogP contribution in [-0.2, 0) is 4.79 Å². The van der Waals surface area contributed by atoms with Crippen molar-refractivity contribution in [3.63, 3.8) is 0 Å². The van der Waals surface area contributed by atoms with Crippen molar-refractivity contribution in [1.82, 2.24) is 0 Å². The van der Waals surface area contributed by atoms with Gasteiger partial charge in [0.2, 0.25) is 12.3 Å². The molecule has 3 aromatic rings. The summed E-state index contributed by atoms with van der Waals surface area (Å²) in [6.07, 6.45) is -1.54. The summed E-state index contributed by atoms with van der Waals surface area (Å²) < 4.78 is 29.5. The average molecular weight is 604 g/mol. The fourth-order valence-electron chi connectivity index (χ4n) is 5.03. The van der Waals surface area contributed by atoms with Crippen molar-refractivity contribution in [2.24, 2.45) is 5.92 Å². The third-order valence-electron chi connectivity index (χ3n) is 6.69. The van der Waals surface area contributed by atoms with Crippen LogP contribution in [0.3, 0.4) is 0 Å². The summed E-state index contributed by atoms with van der Waals surface area (Å²) in [5.74, 6) is 0.306. The van der Waals surface area contributed by atoms with Crippen molar-refractivity contribution in [1.29, 1.82) is 0 Å². The maximum Gasteiger partial charge on any atom is 0.235 e. The van der Waals surface area contributed by atoms with Crippen LogP contribution in [0.4, 0.5) is 10.1 Å². The molecule has 6 nitrogen and oxygen atoms in total. The number of benzene rings is 3. The number of alkyl halides is 1. The van der Waals surface area contributed by atoms with Gasteiger partial charge in [-0.2, -0.15) is 0 Å². The summed E-state index contributed by atoms with van der Waals surface area (Å²) in [5.41, 5.74) is 1.98. The monoisotopic (exact) mass is 603 g/mol. The third kappa shape index (κ3) is 6.94. The Kier molecular flexibility index (Phi) is 9.72. The lowest BCUT2D eigenvalue weighted by Gasteiger charge is -2.22. The first kappa shape index (κ1) is 30.2. The van der Waals surface area contributed by atoms with Gasteiger partial charge in [0.05, 0.1) is 19.1 Å². The number of amides is 1. The van der Waals surface area contributed by atoms with E-state index in [0.29, 0.717) is 40.1 Å². The second-order valence-electron chi connectivity index (χ2n) is 10.0. The number of methoxy groups -OCH3 is 1. The second-order valence-corrected chi connectivity index (χ2v) is 11.7. The normalized spacial score (nSPS) is 17.7. The Bertz CT molecular complexity index is 1380. The molecule has 4 rings (SSSR count). The molecule has 212 valence electrons. The molecular formula is C30H33ClFNO5P2. The smallest absolute Gasteiger partial charge is 0.235 e. The second kappa shape index (κ2) is 12.9. The van der Waals surface area contributed by atoms with Gasteiger partial charge in [0.15, 0.2) is 5.78 Å². The highest BCUT2D eigenvalue weighted by Gasteiger charge is 2.44. The zero-order chi connectivity index (χ0) is 29.1. The molecule has 1 heterocycles. The van der Waals surface area contributed by atoms with Gasteiger partial charge in [-0.1, -0.05) is 11.6 Å². The van der Waals surface area contributed by atoms with Crippen LogP contribution < -0.4 is 29.7 Å². The number of carbonyl (C=O) groups is 2. The SMILES string of the molecule is COc1cc(P)c([C@@H]2CN(c3cc(Cl)cc(OC(C)C)c3)C(=O)[C@H]2CC(=O)c2ccc(OC(C)F)cc2)c(P)c1. The number of hydrogen-bond acceptors (Lipinski definition) is 5. The van der Waals surface area contributed by atoms with Gasteiger partial charge in [0.25, 0.3) is 0 Å². The minimum atomic E-state index is -1.46. The van der Waals surface area contributed by atoms with Crippen LogP contribution in [0.5, 0.6) is 17.2 Å². The highest BCUT2D eigenvalue weighted by molar-refractivity contribution is 7.29. The van der Waals surface area contributed by atoms with E-state index in [0.717, 1.165) is 16.2 Å². The van der Waals surface area contributed by atoms with Gasteiger partial charge in [-0.25, -0.2) is 4.39 Å². The zero-order valence-electron chi connectivity index (χ0n) is 22.8. The standard InChI is InChI=1S/C30H33ClFNO5P2/c1-16(2)37-23-10-19(31)9-20(11-23)33-15-25(29-27(39)12-22(36-4)13-28(29)40)24(30(33)35)14-26(34)18-5-7-21(8-6-18)38-17(3)32/h5-13,16-17,24-25H,14-15,39-40H2,1-4H3/t17?,24-,25+/m0/s1. The molecule has 1 aliphatic heterocycles. The van der Waals surface area contributed by atoms with Gasteiger partial charge in [0.1, 0.15) is 17.2 Å². The first-order valence-corrected chi connectivity index (χ1v) is 14.5. The van der Waals surface area contributed by atoms with Crippen molar-refractivity contribution in [2.45, 2.75) is 45.6 Å². The van der Waals surface area contributed by atoms with Gasteiger partial charge in [-0.05, 0) is 78.6 Å². The van der Waals surface area contributed by atoms with E-state index in [4.69, 9.17) is 25.8 Å². The molecule has 0 N–H and O–H groups in total. The largest absolute Gasteiger partial charge is 0.497 e. The van der Waals surface area contributed by atoms with Crippen LogP contribution in [0.1, 0.15) is 49.0 Å². The predicted molar refractivity (Wildman–Crippen MR) is 164 cm³/mol.